The Morgan fingerprint density at radius 3 is 3.15 bits per heavy atom. The first-order chi connectivity index (χ1) is 9.69. The van der Waals surface area contributed by atoms with Gasteiger partial charge in [0.1, 0.15) is 0 Å². The van der Waals surface area contributed by atoms with Crippen LogP contribution in [0.3, 0.4) is 0 Å². The third kappa shape index (κ3) is 2.47. The summed E-state index contributed by atoms with van der Waals surface area (Å²) < 4.78 is 6.22. The molecule has 1 aliphatic rings. The first kappa shape index (κ1) is 13.6. The number of hydrogen-bond acceptors (Lipinski definition) is 4. The van der Waals surface area contributed by atoms with E-state index < -0.39 is 0 Å². The number of halogens is 1. The molecule has 1 saturated heterocycles. The zero-order chi connectivity index (χ0) is 14.1. The second-order valence-electron chi connectivity index (χ2n) is 5.28. The largest absolute Gasteiger partial charge is 0.398 e. The molecule has 0 saturated carbocycles. The molecule has 3 rings (SSSR count). The van der Waals surface area contributed by atoms with Crippen molar-refractivity contribution >= 4 is 38.2 Å². The number of ether oxygens (including phenoxy) is 1. The number of nitrogen functional groups attached to an aromatic ring is 1. The number of methoxy groups -OCH3 is 1. The molecule has 1 aromatic carbocycles. The van der Waals surface area contributed by atoms with E-state index in [4.69, 9.17) is 10.5 Å². The van der Waals surface area contributed by atoms with Gasteiger partial charge in [-0.15, -0.1) is 0 Å². The normalized spacial score (nSPS) is 18.9. The van der Waals surface area contributed by atoms with Crippen LogP contribution in [0, 0.1) is 5.92 Å². The lowest BCUT2D eigenvalue weighted by molar-refractivity contribution is 0.161. The van der Waals surface area contributed by atoms with Gasteiger partial charge in [0.05, 0.1) is 17.8 Å². The van der Waals surface area contributed by atoms with Crippen molar-refractivity contribution in [2.75, 3.05) is 37.4 Å². The molecule has 20 heavy (non-hydrogen) atoms. The van der Waals surface area contributed by atoms with Crippen molar-refractivity contribution < 1.29 is 4.74 Å². The number of anilines is 2. The lowest BCUT2D eigenvalue weighted by Crippen LogP contribution is -2.21. The minimum absolute atomic E-state index is 0.600. The van der Waals surface area contributed by atoms with Crippen LogP contribution in [-0.2, 0) is 4.74 Å². The molecule has 2 N–H and O–H groups in total. The quantitative estimate of drug-likeness (QED) is 0.876. The molecule has 1 atom stereocenters. The van der Waals surface area contributed by atoms with Gasteiger partial charge in [-0.25, -0.2) is 0 Å². The molecule has 1 unspecified atom stereocenters. The van der Waals surface area contributed by atoms with Gasteiger partial charge >= 0.3 is 0 Å². The van der Waals surface area contributed by atoms with Crippen molar-refractivity contribution in [1.82, 2.24) is 4.98 Å². The van der Waals surface area contributed by atoms with Gasteiger partial charge in [0, 0.05) is 47.9 Å². The number of benzene rings is 1. The minimum atomic E-state index is 0.600. The summed E-state index contributed by atoms with van der Waals surface area (Å²) in [5.41, 5.74) is 8.98. The van der Waals surface area contributed by atoms with Crippen LogP contribution in [0.4, 0.5) is 11.4 Å². The van der Waals surface area contributed by atoms with E-state index in [9.17, 15) is 0 Å². The summed E-state index contributed by atoms with van der Waals surface area (Å²) in [6.45, 7) is 2.89. The van der Waals surface area contributed by atoms with E-state index in [1.165, 1.54) is 5.69 Å². The highest BCUT2D eigenvalue weighted by Gasteiger charge is 2.24. The van der Waals surface area contributed by atoms with Crippen LogP contribution in [-0.4, -0.2) is 31.8 Å². The van der Waals surface area contributed by atoms with E-state index in [1.807, 2.05) is 18.3 Å². The third-order valence-corrected chi connectivity index (χ3v) is 4.29. The molecule has 4 nitrogen and oxygen atoms in total. The van der Waals surface area contributed by atoms with Crippen LogP contribution in [0.25, 0.3) is 10.9 Å². The lowest BCUT2D eigenvalue weighted by atomic mass is 10.1. The average Bonchev–Trinajstić information content (AvgIpc) is 2.89. The second-order valence-corrected chi connectivity index (χ2v) is 6.20. The molecule has 1 fully saturated rings. The molecule has 5 heteroatoms. The standard InChI is InChI=1S/C15H18BrN3O/c1-20-9-10-4-5-19(8-10)14-3-2-13(17)12-6-11(16)7-18-15(12)14/h2-3,6-7,10H,4-5,8-9,17H2,1H3. The molecule has 1 aromatic heterocycles. The van der Waals surface area contributed by atoms with Gasteiger partial charge in [0.2, 0.25) is 0 Å². The number of fused-ring (bicyclic) bond motifs is 1. The van der Waals surface area contributed by atoms with Crippen LogP contribution in [0.1, 0.15) is 6.42 Å². The fourth-order valence-electron chi connectivity index (χ4n) is 2.88. The number of pyridine rings is 1. The second kappa shape index (κ2) is 5.58. The molecule has 2 aromatic rings. The number of rotatable bonds is 3. The van der Waals surface area contributed by atoms with Crippen molar-refractivity contribution in [1.29, 1.82) is 0 Å². The van der Waals surface area contributed by atoms with Crippen molar-refractivity contribution in [2.24, 2.45) is 5.92 Å². The number of nitrogens with two attached hydrogens (primary N) is 1. The van der Waals surface area contributed by atoms with Gasteiger partial charge < -0.3 is 15.4 Å². The van der Waals surface area contributed by atoms with Crippen LogP contribution in [0.15, 0.2) is 28.9 Å². The van der Waals surface area contributed by atoms with E-state index in [0.717, 1.165) is 47.2 Å². The maximum atomic E-state index is 6.07. The molecular weight excluding hydrogens is 318 g/mol. The van der Waals surface area contributed by atoms with Crippen LogP contribution in [0.2, 0.25) is 0 Å². The van der Waals surface area contributed by atoms with Crippen molar-refractivity contribution in [3.63, 3.8) is 0 Å². The number of aromatic nitrogens is 1. The van der Waals surface area contributed by atoms with E-state index in [0.29, 0.717) is 5.92 Å². The summed E-state index contributed by atoms with van der Waals surface area (Å²) in [4.78, 5) is 6.94. The Balaban J connectivity index is 1.98. The van der Waals surface area contributed by atoms with Crippen LogP contribution < -0.4 is 10.6 Å². The zero-order valence-corrected chi connectivity index (χ0v) is 13.1. The zero-order valence-electron chi connectivity index (χ0n) is 11.5. The fraction of sp³-hybridized carbons (Fsp3) is 0.400. The van der Waals surface area contributed by atoms with E-state index in [2.05, 4.69) is 31.9 Å². The first-order valence-corrected chi connectivity index (χ1v) is 7.56. The Labute approximate surface area is 127 Å². The summed E-state index contributed by atoms with van der Waals surface area (Å²) in [5, 5.41) is 1.01. The first-order valence-electron chi connectivity index (χ1n) is 6.76. The highest BCUT2D eigenvalue weighted by molar-refractivity contribution is 9.10. The van der Waals surface area contributed by atoms with Gasteiger partial charge in [-0.2, -0.15) is 0 Å². The Morgan fingerprint density at radius 1 is 1.50 bits per heavy atom. The van der Waals surface area contributed by atoms with Crippen LogP contribution >= 0.6 is 15.9 Å². The SMILES string of the molecule is COCC1CCN(c2ccc(N)c3cc(Br)cnc23)C1. The molecular formula is C15H18BrN3O. The maximum absolute atomic E-state index is 6.07. The van der Waals surface area contributed by atoms with E-state index in [-0.39, 0.29) is 0 Å². The van der Waals surface area contributed by atoms with Gasteiger partial charge in [-0.3, -0.25) is 4.98 Å². The van der Waals surface area contributed by atoms with Gasteiger partial charge in [0.15, 0.2) is 0 Å². The third-order valence-electron chi connectivity index (χ3n) is 3.86. The van der Waals surface area contributed by atoms with Crippen molar-refractivity contribution in [2.45, 2.75) is 6.42 Å². The van der Waals surface area contributed by atoms with Gasteiger partial charge in [0.25, 0.3) is 0 Å². The summed E-state index contributed by atoms with van der Waals surface area (Å²) in [6.07, 6.45) is 2.99. The summed E-state index contributed by atoms with van der Waals surface area (Å²) >= 11 is 3.46. The van der Waals surface area contributed by atoms with Crippen molar-refractivity contribution in [3.05, 3.63) is 28.9 Å². The predicted octanol–water partition coefficient (Wildman–Crippen LogP) is 3.05. The summed E-state index contributed by atoms with van der Waals surface area (Å²) in [5.74, 6) is 0.600. The van der Waals surface area contributed by atoms with Gasteiger partial charge in [-0.1, -0.05) is 0 Å². The molecule has 0 amide bonds. The topological polar surface area (TPSA) is 51.4 Å². The number of hydrogen-bond donors (Lipinski definition) is 1. The van der Waals surface area contributed by atoms with Crippen molar-refractivity contribution in [3.8, 4) is 0 Å². The Morgan fingerprint density at radius 2 is 2.35 bits per heavy atom. The summed E-state index contributed by atoms with van der Waals surface area (Å²) in [7, 11) is 1.76. The Bertz CT molecular complexity index is 632. The maximum Gasteiger partial charge on any atom is 0.0956 e. The van der Waals surface area contributed by atoms with E-state index >= 15 is 0 Å². The molecule has 0 bridgehead atoms. The number of nitrogens with zero attached hydrogens (tertiary/aromatic N) is 2. The molecule has 1 aliphatic heterocycles. The Hall–Kier alpha value is -1.33. The van der Waals surface area contributed by atoms with Gasteiger partial charge in [-0.05, 0) is 40.5 Å². The smallest absolute Gasteiger partial charge is 0.0956 e. The monoisotopic (exact) mass is 335 g/mol. The Kier molecular flexibility index (Phi) is 3.81. The molecule has 0 aliphatic carbocycles. The van der Waals surface area contributed by atoms with E-state index in [1.54, 1.807) is 7.11 Å². The predicted molar refractivity (Wildman–Crippen MR) is 86.1 cm³/mol. The highest BCUT2D eigenvalue weighted by Crippen LogP contribution is 2.33. The fourth-order valence-corrected chi connectivity index (χ4v) is 3.21. The minimum Gasteiger partial charge on any atom is -0.398 e. The average molecular weight is 336 g/mol. The lowest BCUT2D eigenvalue weighted by Gasteiger charge is -2.20. The molecule has 0 radical (unpaired) electrons. The summed E-state index contributed by atoms with van der Waals surface area (Å²) in [6, 6.07) is 6.08. The van der Waals surface area contributed by atoms with Crippen LogP contribution in [0.5, 0.6) is 0 Å². The molecule has 0 spiro atoms. The highest BCUT2D eigenvalue weighted by atomic mass is 79.9. The molecule has 106 valence electrons. The molecule has 2 heterocycles.